The number of carbonyl (C=O) groups is 1. The number of hydrogen-bond acceptors (Lipinski definition) is 5. The van der Waals surface area contributed by atoms with E-state index in [2.05, 4.69) is 34.2 Å². The van der Waals surface area contributed by atoms with Crippen molar-refractivity contribution < 1.29 is 9.53 Å². The van der Waals surface area contributed by atoms with Crippen molar-refractivity contribution in [3.63, 3.8) is 0 Å². The summed E-state index contributed by atoms with van der Waals surface area (Å²) < 4.78 is 7.84. The van der Waals surface area contributed by atoms with Crippen molar-refractivity contribution in [2.75, 3.05) is 11.1 Å². The first-order chi connectivity index (χ1) is 14.9. The van der Waals surface area contributed by atoms with Gasteiger partial charge in [0.05, 0.1) is 5.75 Å². The van der Waals surface area contributed by atoms with Crippen molar-refractivity contribution in [1.29, 1.82) is 0 Å². The van der Waals surface area contributed by atoms with E-state index in [0.717, 1.165) is 28.1 Å². The second kappa shape index (κ2) is 10.3. The number of carbonyl (C=O) groups excluding carboxylic acids is 1. The van der Waals surface area contributed by atoms with Gasteiger partial charge in [0.2, 0.25) is 5.91 Å². The predicted octanol–water partition coefficient (Wildman–Crippen LogP) is 5.01. The number of hydrogen-bond donors (Lipinski definition) is 1. The lowest BCUT2D eigenvalue weighted by Crippen LogP contribution is -2.16. The van der Waals surface area contributed by atoms with Crippen LogP contribution in [-0.2, 0) is 17.9 Å². The number of rotatable bonds is 9. The van der Waals surface area contributed by atoms with Crippen LogP contribution in [0, 0.1) is 27.7 Å². The minimum atomic E-state index is -0.0779. The van der Waals surface area contributed by atoms with Gasteiger partial charge < -0.3 is 10.1 Å². The van der Waals surface area contributed by atoms with Gasteiger partial charge in [-0.25, -0.2) is 0 Å². The summed E-state index contributed by atoms with van der Waals surface area (Å²) in [6.45, 7) is 12.7. The Hall–Kier alpha value is -3.06. The third-order valence-corrected chi connectivity index (χ3v) is 5.80. The summed E-state index contributed by atoms with van der Waals surface area (Å²) in [4.78, 5) is 12.6. The Morgan fingerprint density at radius 3 is 2.52 bits per heavy atom. The largest absolute Gasteiger partial charge is 0.485 e. The van der Waals surface area contributed by atoms with Crippen molar-refractivity contribution in [3.8, 4) is 5.75 Å². The van der Waals surface area contributed by atoms with E-state index in [1.807, 2.05) is 56.5 Å². The quantitative estimate of drug-likeness (QED) is 0.377. The molecule has 6 nitrogen and oxygen atoms in total. The fraction of sp³-hybridized carbons (Fsp3) is 0.292. The Labute approximate surface area is 187 Å². The first-order valence-electron chi connectivity index (χ1n) is 10.1. The number of anilines is 1. The lowest BCUT2D eigenvalue weighted by Gasteiger charge is -2.13. The molecule has 1 heterocycles. The van der Waals surface area contributed by atoms with E-state index in [1.54, 1.807) is 6.08 Å². The zero-order valence-corrected chi connectivity index (χ0v) is 19.3. The van der Waals surface area contributed by atoms with Gasteiger partial charge in [0.15, 0.2) is 11.0 Å². The monoisotopic (exact) mass is 436 g/mol. The molecule has 0 saturated heterocycles. The van der Waals surface area contributed by atoms with Crippen molar-refractivity contribution in [2.45, 2.75) is 46.0 Å². The molecule has 0 unspecified atom stereocenters. The Morgan fingerprint density at radius 1 is 1.13 bits per heavy atom. The maximum absolute atomic E-state index is 12.6. The lowest BCUT2D eigenvalue weighted by atomic mass is 10.1. The highest BCUT2D eigenvalue weighted by Crippen LogP contribution is 2.24. The molecule has 0 aliphatic rings. The number of amides is 1. The van der Waals surface area contributed by atoms with Crippen LogP contribution in [0.3, 0.4) is 0 Å². The minimum absolute atomic E-state index is 0.0779. The molecule has 7 heteroatoms. The highest BCUT2D eigenvalue weighted by atomic mass is 32.2. The molecule has 0 radical (unpaired) electrons. The van der Waals surface area contributed by atoms with E-state index in [-0.39, 0.29) is 11.7 Å². The highest BCUT2D eigenvalue weighted by molar-refractivity contribution is 7.99. The molecular formula is C24H28N4O2S. The van der Waals surface area contributed by atoms with Crippen LogP contribution >= 0.6 is 11.8 Å². The molecule has 0 bridgehead atoms. The van der Waals surface area contributed by atoms with Crippen LogP contribution in [-0.4, -0.2) is 26.4 Å². The third kappa shape index (κ3) is 5.76. The van der Waals surface area contributed by atoms with E-state index < -0.39 is 0 Å². The number of ether oxygens (including phenoxy) is 1. The summed E-state index contributed by atoms with van der Waals surface area (Å²) in [6, 6.07) is 12.0. The van der Waals surface area contributed by atoms with Gasteiger partial charge in [-0.3, -0.25) is 9.36 Å². The lowest BCUT2D eigenvalue weighted by molar-refractivity contribution is -0.113. The van der Waals surface area contributed by atoms with Crippen LogP contribution < -0.4 is 10.1 Å². The summed E-state index contributed by atoms with van der Waals surface area (Å²) >= 11 is 1.35. The molecule has 0 aliphatic heterocycles. The summed E-state index contributed by atoms with van der Waals surface area (Å²) in [5, 5.41) is 12.2. The number of nitrogens with zero attached hydrogens (tertiary/aromatic N) is 3. The van der Waals surface area contributed by atoms with Crippen molar-refractivity contribution in [3.05, 3.63) is 77.1 Å². The summed E-state index contributed by atoms with van der Waals surface area (Å²) in [7, 11) is 0. The molecule has 0 fully saturated rings. The minimum Gasteiger partial charge on any atom is -0.485 e. The molecule has 2 aromatic carbocycles. The van der Waals surface area contributed by atoms with Gasteiger partial charge >= 0.3 is 0 Å². The Bertz CT molecular complexity index is 1070. The van der Waals surface area contributed by atoms with E-state index >= 15 is 0 Å². The topological polar surface area (TPSA) is 69.0 Å². The van der Waals surface area contributed by atoms with Crippen molar-refractivity contribution >= 4 is 23.4 Å². The SMILES string of the molecule is C=CCn1c(COc2ccccc2C)nnc1SCC(=O)Nc1c(C)cc(C)cc1C. The van der Waals surface area contributed by atoms with Gasteiger partial charge in [-0.15, -0.1) is 16.8 Å². The number of aromatic nitrogens is 3. The maximum Gasteiger partial charge on any atom is 0.234 e. The van der Waals surface area contributed by atoms with Crippen molar-refractivity contribution in [1.82, 2.24) is 14.8 Å². The predicted molar refractivity (Wildman–Crippen MR) is 126 cm³/mol. The second-order valence-electron chi connectivity index (χ2n) is 7.46. The molecule has 162 valence electrons. The number of allylic oxidation sites excluding steroid dienone is 1. The van der Waals surface area contributed by atoms with Gasteiger partial charge in [0, 0.05) is 12.2 Å². The van der Waals surface area contributed by atoms with Crippen LogP contribution in [0.4, 0.5) is 5.69 Å². The van der Waals surface area contributed by atoms with Crippen LogP contribution in [0.2, 0.25) is 0 Å². The molecule has 1 amide bonds. The zero-order valence-electron chi connectivity index (χ0n) is 18.4. The third-order valence-electron chi connectivity index (χ3n) is 4.83. The van der Waals surface area contributed by atoms with Gasteiger partial charge in [0.25, 0.3) is 0 Å². The Balaban J connectivity index is 1.65. The van der Waals surface area contributed by atoms with Crippen molar-refractivity contribution in [2.24, 2.45) is 0 Å². The standard InChI is InChI=1S/C24H28N4O2S/c1-6-11-28-21(14-30-20-10-8-7-9-17(20)3)26-27-24(28)31-15-22(29)25-23-18(4)12-16(2)13-19(23)5/h6-10,12-13H,1,11,14-15H2,2-5H3,(H,25,29). The van der Waals surface area contributed by atoms with E-state index in [4.69, 9.17) is 4.74 Å². The number of nitrogens with one attached hydrogen (secondary N) is 1. The summed E-state index contributed by atoms with van der Waals surface area (Å²) in [6.07, 6.45) is 1.78. The average molecular weight is 437 g/mol. The molecule has 3 aromatic rings. The maximum atomic E-state index is 12.6. The first kappa shape index (κ1) is 22.6. The smallest absolute Gasteiger partial charge is 0.234 e. The highest BCUT2D eigenvalue weighted by Gasteiger charge is 2.15. The fourth-order valence-electron chi connectivity index (χ4n) is 3.39. The Morgan fingerprint density at radius 2 is 1.84 bits per heavy atom. The molecule has 0 atom stereocenters. The molecule has 0 saturated carbocycles. The molecule has 0 spiro atoms. The zero-order chi connectivity index (χ0) is 22.4. The number of thioether (sulfide) groups is 1. The van der Waals surface area contributed by atoms with Gasteiger partial charge in [-0.2, -0.15) is 0 Å². The molecule has 0 aliphatic carbocycles. The van der Waals surface area contributed by atoms with Crippen LogP contribution in [0.15, 0.2) is 54.2 Å². The summed E-state index contributed by atoms with van der Waals surface area (Å²) in [5.41, 5.74) is 5.23. The molecule has 1 N–H and O–H groups in total. The van der Waals surface area contributed by atoms with Gasteiger partial charge in [0.1, 0.15) is 12.4 Å². The molecule has 3 rings (SSSR count). The number of aryl methyl sites for hydroxylation is 4. The number of para-hydroxylation sites is 1. The van der Waals surface area contributed by atoms with E-state index in [1.165, 1.54) is 17.3 Å². The van der Waals surface area contributed by atoms with Gasteiger partial charge in [-0.05, 0) is 50.5 Å². The van der Waals surface area contributed by atoms with Crippen LogP contribution in [0.25, 0.3) is 0 Å². The van der Waals surface area contributed by atoms with E-state index in [0.29, 0.717) is 24.1 Å². The molecule has 1 aromatic heterocycles. The molecule has 31 heavy (non-hydrogen) atoms. The fourth-order valence-corrected chi connectivity index (χ4v) is 4.16. The number of benzene rings is 2. The van der Waals surface area contributed by atoms with Crippen LogP contribution in [0.1, 0.15) is 28.1 Å². The van der Waals surface area contributed by atoms with E-state index in [9.17, 15) is 4.79 Å². The normalized spacial score (nSPS) is 10.7. The van der Waals surface area contributed by atoms with Crippen LogP contribution in [0.5, 0.6) is 5.75 Å². The summed E-state index contributed by atoms with van der Waals surface area (Å²) in [5.74, 6) is 1.66. The Kier molecular flexibility index (Phi) is 7.52. The van der Waals surface area contributed by atoms with Gasteiger partial charge in [-0.1, -0.05) is 53.7 Å². The average Bonchev–Trinajstić information content (AvgIpc) is 3.10. The molecular weight excluding hydrogens is 408 g/mol. The first-order valence-corrected chi connectivity index (χ1v) is 11.1. The second-order valence-corrected chi connectivity index (χ2v) is 8.41.